The van der Waals surface area contributed by atoms with E-state index in [4.69, 9.17) is 42.4 Å². The number of halogens is 1. The summed E-state index contributed by atoms with van der Waals surface area (Å²) in [4.78, 5) is 1.78. The monoisotopic (exact) mass is 329 g/mol. The number of hydrogen-bond donors (Lipinski definition) is 3. The Labute approximate surface area is 134 Å². The van der Waals surface area contributed by atoms with Crippen LogP contribution in [0.2, 0.25) is 0 Å². The fourth-order valence-corrected chi connectivity index (χ4v) is 1.95. The predicted molar refractivity (Wildman–Crippen MR) is 92.7 cm³/mol. The highest BCUT2D eigenvalue weighted by atomic mass is 32.1. The molecule has 0 spiro atoms. The molecule has 1 aromatic carbocycles. The van der Waals surface area contributed by atoms with Gasteiger partial charge in [-0.2, -0.15) is 0 Å². The summed E-state index contributed by atoms with van der Waals surface area (Å²) in [5.74, 6) is -0.278. The van der Waals surface area contributed by atoms with Gasteiger partial charge in [-0.05, 0) is 24.3 Å². The smallest absolute Gasteiger partial charge is 0.123 e. The van der Waals surface area contributed by atoms with Crippen molar-refractivity contribution in [1.29, 1.82) is 0 Å². The Balaban J connectivity index is 2.23. The van der Waals surface area contributed by atoms with Crippen LogP contribution in [0.1, 0.15) is 18.4 Å². The third-order valence-electron chi connectivity index (χ3n) is 2.44. The van der Waals surface area contributed by atoms with Crippen molar-refractivity contribution in [2.45, 2.75) is 12.8 Å². The topological polar surface area (TPSA) is 50.1 Å². The first-order valence-electron chi connectivity index (χ1n) is 6.08. The van der Waals surface area contributed by atoms with Crippen LogP contribution in [0.5, 0.6) is 0 Å². The second-order valence-corrected chi connectivity index (χ2v) is 5.50. The fraction of sp³-hybridized carbons (Fsp3) is 0.308. The van der Waals surface area contributed by atoms with Crippen LogP contribution in [-0.2, 0) is 0 Å². The van der Waals surface area contributed by atoms with Crippen LogP contribution < -0.4 is 16.4 Å². The summed E-state index contributed by atoms with van der Waals surface area (Å²) in [6, 6.07) is 6.04. The molecule has 0 unspecified atom stereocenters. The molecule has 20 heavy (non-hydrogen) atoms. The third-order valence-corrected chi connectivity index (χ3v) is 3.37. The number of benzene rings is 1. The molecule has 7 heteroatoms. The second kappa shape index (κ2) is 8.89. The maximum atomic E-state index is 12.8. The lowest BCUT2D eigenvalue weighted by molar-refractivity contribution is 0.627. The zero-order chi connectivity index (χ0) is 15.0. The molecule has 0 aliphatic carbocycles. The number of rotatable bonds is 7. The molecule has 0 radical (unpaired) electrons. The first-order valence-corrected chi connectivity index (χ1v) is 7.30. The zero-order valence-electron chi connectivity index (χ0n) is 10.8. The molecule has 0 heterocycles. The predicted octanol–water partition coefficient (Wildman–Crippen LogP) is 2.07. The molecule has 0 bridgehead atoms. The fourth-order valence-electron chi connectivity index (χ4n) is 1.41. The van der Waals surface area contributed by atoms with Crippen molar-refractivity contribution in [2.75, 3.05) is 13.1 Å². The molecule has 3 nitrogen and oxygen atoms in total. The van der Waals surface area contributed by atoms with E-state index in [1.54, 1.807) is 12.1 Å². The summed E-state index contributed by atoms with van der Waals surface area (Å²) in [7, 11) is 0. The van der Waals surface area contributed by atoms with Crippen LogP contribution in [0.15, 0.2) is 24.3 Å². The van der Waals surface area contributed by atoms with Crippen LogP contribution in [-0.4, -0.2) is 28.1 Å². The lowest BCUT2D eigenvalue weighted by Gasteiger charge is -2.10. The van der Waals surface area contributed by atoms with Crippen molar-refractivity contribution < 1.29 is 4.39 Å². The van der Waals surface area contributed by atoms with Crippen molar-refractivity contribution in [1.82, 2.24) is 10.6 Å². The number of hydrogen-bond acceptors (Lipinski definition) is 3. The lowest BCUT2D eigenvalue weighted by Crippen LogP contribution is -2.30. The molecular formula is C13H16FN3S3. The highest BCUT2D eigenvalue weighted by Gasteiger charge is 2.02. The van der Waals surface area contributed by atoms with Gasteiger partial charge in [-0.25, -0.2) is 4.39 Å². The number of thiocarbonyl (C=S) groups is 3. The Kier molecular flexibility index (Phi) is 7.50. The molecule has 1 aromatic rings. The first-order chi connectivity index (χ1) is 9.49. The molecule has 0 amide bonds. The van der Waals surface area contributed by atoms with Crippen molar-refractivity contribution >= 4 is 51.6 Å². The Bertz CT molecular complexity index is 488. The first kappa shape index (κ1) is 16.9. The van der Waals surface area contributed by atoms with Gasteiger partial charge in [-0.3, -0.25) is 0 Å². The number of nitrogens with two attached hydrogens (primary N) is 1. The van der Waals surface area contributed by atoms with E-state index < -0.39 is 0 Å². The minimum atomic E-state index is -0.278. The molecular weight excluding hydrogens is 313 g/mol. The highest BCUT2D eigenvalue weighted by Crippen LogP contribution is 2.03. The summed E-state index contributed by atoms with van der Waals surface area (Å²) >= 11 is 15.1. The van der Waals surface area contributed by atoms with Crippen molar-refractivity contribution in [2.24, 2.45) is 5.73 Å². The summed E-state index contributed by atoms with van der Waals surface area (Å²) < 4.78 is 12.8. The van der Waals surface area contributed by atoms with Crippen LogP contribution in [0.3, 0.4) is 0 Å². The van der Waals surface area contributed by atoms with Gasteiger partial charge < -0.3 is 16.4 Å². The third kappa shape index (κ3) is 6.83. The van der Waals surface area contributed by atoms with Crippen molar-refractivity contribution in [3.63, 3.8) is 0 Å². The van der Waals surface area contributed by atoms with Gasteiger partial charge in [0, 0.05) is 31.5 Å². The Hall–Kier alpha value is -1.18. The Morgan fingerprint density at radius 3 is 2.20 bits per heavy atom. The van der Waals surface area contributed by atoms with E-state index in [9.17, 15) is 4.39 Å². The van der Waals surface area contributed by atoms with E-state index in [2.05, 4.69) is 10.6 Å². The maximum Gasteiger partial charge on any atom is 0.123 e. The van der Waals surface area contributed by atoms with E-state index in [1.165, 1.54) is 12.1 Å². The van der Waals surface area contributed by atoms with Crippen LogP contribution >= 0.6 is 36.7 Å². The largest absolute Gasteiger partial charge is 0.393 e. The molecule has 0 fully saturated rings. The highest BCUT2D eigenvalue weighted by molar-refractivity contribution is 7.81. The van der Waals surface area contributed by atoms with Gasteiger partial charge in [0.25, 0.3) is 0 Å². The Morgan fingerprint density at radius 1 is 1.00 bits per heavy atom. The van der Waals surface area contributed by atoms with Gasteiger partial charge in [0.1, 0.15) is 10.8 Å². The summed E-state index contributed by atoms with van der Waals surface area (Å²) in [5.41, 5.74) is 6.17. The van der Waals surface area contributed by atoms with Gasteiger partial charge in [0.2, 0.25) is 0 Å². The van der Waals surface area contributed by atoms with E-state index in [1.807, 2.05) is 0 Å². The van der Waals surface area contributed by atoms with E-state index in [-0.39, 0.29) is 5.82 Å². The number of nitrogens with one attached hydrogen (secondary N) is 2. The molecule has 0 saturated heterocycles. The second-order valence-electron chi connectivity index (χ2n) is 4.08. The van der Waals surface area contributed by atoms with Crippen LogP contribution in [0, 0.1) is 5.82 Å². The molecule has 0 aromatic heterocycles. The lowest BCUT2D eigenvalue weighted by atomic mass is 10.2. The van der Waals surface area contributed by atoms with E-state index in [0.717, 1.165) is 10.6 Å². The normalized spacial score (nSPS) is 9.85. The maximum absolute atomic E-state index is 12.8. The minimum absolute atomic E-state index is 0.278. The van der Waals surface area contributed by atoms with E-state index >= 15 is 0 Å². The molecule has 108 valence electrons. The molecule has 0 aliphatic heterocycles. The standard InChI is InChI=1S/C13H16FN3S3/c14-10-3-1-9(2-4-10)13(20)17-8-6-12(19)16-7-5-11(15)18/h1-4H,5-8H2,(H2,15,18)(H,16,19)(H,17,20). The van der Waals surface area contributed by atoms with Crippen molar-refractivity contribution in [3.05, 3.63) is 35.6 Å². The van der Waals surface area contributed by atoms with Gasteiger partial charge in [0.15, 0.2) is 0 Å². The van der Waals surface area contributed by atoms with Crippen molar-refractivity contribution in [3.8, 4) is 0 Å². The van der Waals surface area contributed by atoms with Gasteiger partial charge in [-0.15, -0.1) is 0 Å². The zero-order valence-corrected chi connectivity index (χ0v) is 13.3. The molecule has 0 aliphatic rings. The summed E-state index contributed by atoms with van der Waals surface area (Å²) in [6.45, 7) is 1.27. The summed E-state index contributed by atoms with van der Waals surface area (Å²) in [6.07, 6.45) is 1.28. The minimum Gasteiger partial charge on any atom is -0.393 e. The summed E-state index contributed by atoms with van der Waals surface area (Å²) in [5, 5.41) is 6.15. The van der Waals surface area contributed by atoms with Gasteiger partial charge >= 0.3 is 0 Å². The van der Waals surface area contributed by atoms with Gasteiger partial charge in [0.05, 0.1) is 9.98 Å². The molecule has 1 rings (SSSR count). The molecule has 0 saturated carbocycles. The average molecular weight is 329 g/mol. The Morgan fingerprint density at radius 2 is 1.60 bits per heavy atom. The average Bonchev–Trinajstić information content (AvgIpc) is 2.39. The van der Waals surface area contributed by atoms with E-state index in [0.29, 0.717) is 35.9 Å². The molecule has 4 N–H and O–H groups in total. The SMILES string of the molecule is NC(=S)CCNC(=S)CCNC(=S)c1ccc(F)cc1. The quantitative estimate of drug-likeness (QED) is 0.666. The van der Waals surface area contributed by atoms with Crippen LogP contribution in [0.4, 0.5) is 4.39 Å². The molecule has 0 atom stereocenters. The van der Waals surface area contributed by atoms with Gasteiger partial charge in [-0.1, -0.05) is 36.7 Å². The van der Waals surface area contributed by atoms with Crippen LogP contribution in [0.25, 0.3) is 0 Å².